The van der Waals surface area contributed by atoms with Crippen LogP contribution in [-0.4, -0.2) is 83.4 Å². The van der Waals surface area contributed by atoms with Crippen molar-refractivity contribution in [2.24, 2.45) is 0 Å². The van der Waals surface area contributed by atoms with Gasteiger partial charge in [-0.3, -0.25) is 0 Å². The minimum atomic E-state index is -5.61. The van der Waals surface area contributed by atoms with E-state index in [9.17, 15) is 0 Å². The zero-order chi connectivity index (χ0) is 9.00. The van der Waals surface area contributed by atoms with E-state index < -0.39 is 18.1 Å². The van der Waals surface area contributed by atoms with Crippen molar-refractivity contribution in [3.05, 3.63) is 0 Å². The first-order chi connectivity index (χ1) is 4.00. The third kappa shape index (κ3) is 487. The van der Waals surface area contributed by atoms with Crippen LogP contribution in [0.15, 0.2) is 0 Å². The molecule has 0 aromatic carbocycles. The molecule has 0 aliphatic carbocycles. The first-order valence-corrected chi connectivity index (χ1v) is 5.13. The van der Waals surface area contributed by atoms with E-state index in [-0.39, 0.29) is 46.1 Å². The van der Waals surface area contributed by atoms with Crippen molar-refractivity contribution in [1.29, 1.82) is 0 Å². The van der Waals surface area contributed by atoms with Crippen LogP contribution in [0.25, 0.3) is 0 Å². The van der Waals surface area contributed by atoms with Gasteiger partial charge in [0.1, 0.15) is 0 Å². The van der Waals surface area contributed by atoms with Crippen molar-refractivity contribution < 1.29 is 38.4 Å². The van der Waals surface area contributed by atoms with E-state index >= 15 is 0 Å². The van der Waals surface area contributed by atoms with Crippen LogP contribution in [0.1, 0.15) is 0 Å². The van der Waals surface area contributed by atoms with Crippen molar-refractivity contribution in [3.8, 4) is 0 Å². The molecule has 0 amide bonds. The van der Waals surface area contributed by atoms with Gasteiger partial charge in [-0.05, 0) is 0 Å². The third-order valence-corrected chi connectivity index (χ3v) is 0. The van der Waals surface area contributed by atoms with Crippen molar-refractivity contribution in [2.75, 3.05) is 0 Å². The monoisotopic (exact) mass is 236 g/mol. The number of hydrogen-bond acceptors (Lipinski definition) is 8. The van der Waals surface area contributed by atoms with Crippen LogP contribution >= 0.6 is 0 Å². The normalized spacial score (nSPS) is 10.0. The second-order valence-electron chi connectivity index (χ2n) is 1.10. The summed E-state index contributed by atoms with van der Waals surface area (Å²) in [6.07, 6.45) is 0. The molecule has 12 heavy (non-hydrogen) atoms. The van der Waals surface area contributed by atoms with Crippen LogP contribution in [0.4, 0.5) is 0 Å². The van der Waals surface area contributed by atoms with E-state index in [0.29, 0.717) is 0 Å². The van der Waals surface area contributed by atoms with Crippen LogP contribution in [0.2, 0.25) is 0 Å². The van der Waals surface area contributed by atoms with E-state index in [1.165, 1.54) is 0 Å². The Hall–Kier alpha value is 1.65. The molecule has 4 N–H and O–H groups in total. The van der Waals surface area contributed by atoms with E-state index in [1.807, 2.05) is 0 Å². The Morgan fingerprint density at radius 2 is 0.667 bits per heavy atom. The number of hydrogen-bond donors (Lipinski definition) is 4. The zero-order valence-corrected chi connectivity index (χ0v) is 10.7. The first-order valence-electron chi connectivity index (χ1n) is 1.71. The Morgan fingerprint density at radius 3 is 0.667 bits per heavy atom. The molecule has 0 saturated heterocycles. The molecule has 0 aliphatic heterocycles. The fourth-order valence-electron chi connectivity index (χ4n) is 0. The van der Waals surface area contributed by atoms with E-state index in [0.717, 1.165) is 0 Å². The molecule has 0 aliphatic rings. The minimum Gasteiger partial charge on any atom is -0.894 e. The van der Waals surface area contributed by atoms with Crippen molar-refractivity contribution in [3.63, 3.8) is 0 Å². The van der Waals surface area contributed by atoms with Crippen LogP contribution in [0.5, 0.6) is 0 Å². The molecule has 0 spiro atoms. The third-order valence-electron chi connectivity index (χ3n) is 0. The Bertz CT molecular complexity index is 58.0. The second kappa shape index (κ2) is 9.21. The van der Waals surface area contributed by atoms with Crippen molar-refractivity contribution in [2.45, 2.75) is 0 Å². The van der Waals surface area contributed by atoms with Crippen molar-refractivity contribution in [1.82, 2.24) is 0 Å². The zero-order valence-electron chi connectivity index (χ0n) is 5.84. The summed E-state index contributed by atoms with van der Waals surface area (Å²) in [5.41, 5.74) is 0. The Balaban J connectivity index is -0.0000000457. The van der Waals surface area contributed by atoms with Gasteiger partial charge in [0.25, 0.3) is 0 Å². The molecule has 0 heterocycles. The van der Waals surface area contributed by atoms with Gasteiger partial charge < -0.3 is 47.4 Å². The van der Waals surface area contributed by atoms with Crippen LogP contribution in [0.3, 0.4) is 0 Å². The average molecular weight is 237 g/mol. The molecule has 0 unspecified atom stereocenters. The summed E-state index contributed by atoms with van der Waals surface area (Å²) in [5.74, 6) is 0. The van der Waals surface area contributed by atoms with E-state index in [2.05, 4.69) is 0 Å². The van der Waals surface area contributed by atoms with Crippen LogP contribution in [-0.2, 0) is 0 Å². The Labute approximate surface area is 102 Å². The van der Waals surface area contributed by atoms with Gasteiger partial charge in [0.15, 0.2) is 0 Å². The maximum atomic E-state index is 8.58. The molecule has 0 saturated carbocycles. The average Bonchev–Trinajstić information content (AvgIpc) is 1.12. The summed E-state index contributed by atoms with van der Waals surface area (Å²) in [6, 6.07) is 0. The summed E-state index contributed by atoms with van der Waals surface area (Å²) in [4.78, 5) is 63.6. The molecule has 0 aromatic rings. The molecule has 8 nitrogen and oxygen atoms in total. The van der Waals surface area contributed by atoms with Crippen LogP contribution < -0.4 is 19.2 Å². The predicted octanol–water partition coefficient (Wildman–Crippen LogP) is -8.51. The SMILES string of the molecule is O[Si](O)(O)O.[Mg+2].[Mg+2].[O-][Si]([O-])([O-])[O-]. The summed E-state index contributed by atoms with van der Waals surface area (Å²) >= 11 is 0. The molecule has 0 rings (SSSR count). The molecular weight excluding hydrogens is 233 g/mol. The van der Waals surface area contributed by atoms with Gasteiger partial charge in [0.05, 0.1) is 0 Å². The minimum absolute atomic E-state index is 0. The summed E-state index contributed by atoms with van der Waals surface area (Å²) in [6.45, 7) is 0. The first kappa shape index (κ1) is 23.5. The molecule has 12 heteroatoms. The Kier molecular flexibility index (Phi) is 18.0. The fraction of sp³-hybridized carbons (Fsp3) is 0. The van der Waals surface area contributed by atoms with Gasteiger partial charge in [0, 0.05) is 0 Å². The largest absolute Gasteiger partial charge is 2.00 e. The van der Waals surface area contributed by atoms with Crippen LogP contribution in [0, 0.1) is 0 Å². The molecular formula is H4Mg2O8Si2. The maximum Gasteiger partial charge on any atom is 2.00 e. The van der Waals surface area contributed by atoms with Gasteiger partial charge in [-0.1, -0.05) is 0 Å². The smallest absolute Gasteiger partial charge is 0.894 e. The summed E-state index contributed by atoms with van der Waals surface area (Å²) < 4.78 is 0. The topological polar surface area (TPSA) is 173 Å². The Morgan fingerprint density at radius 1 is 0.667 bits per heavy atom. The van der Waals surface area contributed by atoms with Gasteiger partial charge in [-0.2, -0.15) is 0 Å². The number of rotatable bonds is 0. The molecule has 0 radical (unpaired) electrons. The van der Waals surface area contributed by atoms with E-state index in [4.69, 9.17) is 38.4 Å². The molecule has 64 valence electrons. The predicted molar refractivity (Wildman–Crippen MR) is 31.9 cm³/mol. The van der Waals surface area contributed by atoms with Gasteiger partial charge >= 0.3 is 55.2 Å². The standard InChI is InChI=1S/2Mg.H4O4Si.O4Si/c;;2*1-5(2,3)4/h;;1-4H;/q2*+2;;-4. The maximum absolute atomic E-state index is 8.58. The fourth-order valence-corrected chi connectivity index (χ4v) is 0. The molecule has 0 bridgehead atoms. The second-order valence-corrected chi connectivity index (χ2v) is 3.30. The quantitative estimate of drug-likeness (QED) is 0.300. The van der Waals surface area contributed by atoms with Gasteiger partial charge in [-0.25, -0.2) is 0 Å². The molecule has 0 aromatic heterocycles. The van der Waals surface area contributed by atoms with Gasteiger partial charge in [-0.15, -0.1) is 0 Å². The summed E-state index contributed by atoms with van der Waals surface area (Å²) in [7, 11) is -10.2. The summed E-state index contributed by atoms with van der Waals surface area (Å²) in [5, 5.41) is 0. The van der Waals surface area contributed by atoms with Gasteiger partial charge in [0.2, 0.25) is 0 Å². The van der Waals surface area contributed by atoms with Crippen molar-refractivity contribution >= 4 is 64.2 Å². The van der Waals surface area contributed by atoms with E-state index in [1.54, 1.807) is 0 Å². The molecule has 0 atom stereocenters. The molecule has 0 fully saturated rings.